The van der Waals surface area contributed by atoms with Crippen LogP contribution in [0.3, 0.4) is 0 Å². The van der Waals surface area contributed by atoms with Crippen LogP contribution in [0.4, 0.5) is 34.1 Å². The van der Waals surface area contributed by atoms with Gasteiger partial charge in [0.25, 0.3) is 0 Å². The Morgan fingerprint density at radius 3 is 0.882 bits per heavy atom. The van der Waals surface area contributed by atoms with Gasteiger partial charge in [0.1, 0.15) is 0 Å². The van der Waals surface area contributed by atoms with Crippen molar-refractivity contribution in [2.45, 2.75) is 34.6 Å². The van der Waals surface area contributed by atoms with Crippen LogP contribution in [0.2, 0.25) is 0 Å². The Kier molecular flexibility index (Phi) is 9.25. The molecule has 0 fully saturated rings. The first-order chi connectivity index (χ1) is 24.8. The van der Waals surface area contributed by atoms with Crippen molar-refractivity contribution in [1.29, 1.82) is 5.26 Å². The molecule has 3 heteroatoms. The standard InChI is InChI=1S/C48H41N3/c1-33-6-18-39(19-7-33)45-30-48(51(43-26-12-36(4)13-27-43)44-28-14-37(5)15-29-44)46(40-20-16-38(32-49)17-21-40)31-47(45)50(41-22-8-34(2)9-23-41)42-24-10-35(3)11-25-42/h6-31H,1-5H3. The Balaban J connectivity index is 1.60. The number of hydrogen-bond donors (Lipinski definition) is 0. The predicted octanol–water partition coefficient (Wildman–Crippen LogP) is 13.4. The Hall–Kier alpha value is -6.37. The van der Waals surface area contributed by atoms with Crippen LogP contribution in [0.15, 0.2) is 158 Å². The Bertz CT molecular complexity index is 2220. The number of anilines is 6. The van der Waals surface area contributed by atoms with Crippen molar-refractivity contribution >= 4 is 34.1 Å². The van der Waals surface area contributed by atoms with Crippen molar-refractivity contribution < 1.29 is 0 Å². The Labute approximate surface area is 302 Å². The lowest BCUT2D eigenvalue weighted by molar-refractivity contribution is 1.24. The van der Waals surface area contributed by atoms with E-state index in [1.54, 1.807) is 0 Å². The van der Waals surface area contributed by atoms with Gasteiger partial charge in [-0.2, -0.15) is 5.26 Å². The second kappa shape index (κ2) is 14.2. The molecule has 0 atom stereocenters. The van der Waals surface area contributed by atoms with Gasteiger partial charge in [-0.3, -0.25) is 0 Å². The summed E-state index contributed by atoms with van der Waals surface area (Å²) in [6.45, 7) is 10.6. The smallest absolute Gasteiger partial charge is 0.0991 e. The maximum absolute atomic E-state index is 9.71. The summed E-state index contributed by atoms with van der Waals surface area (Å²) in [4.78, 5) is 4.73. The van der Waals surface area contributed by atoms with Crippen LogP contribution in [-0.4, -0.2) is 0 Å². The minimum absolute atomic E-state index is 0.631. The fourth-order valence-electron chi connectivity index (χ4n) is 6.50. The molecule has 0 saturated heterocycles. The third kappa shape index (κ3) is 7.04. The number of nitrogens with zero attached hydrogens (tertiary/aromatic N) is 3. The highest BCUT2D eigenvalue weighted by molar-refractivity contribution is 5.98. The van der Waals surface area contributed by atoms with Crippen LogP contribution in [-0.2, 0) is 0 Å². The highest BCUT2D eigenvalue weighted by Gasteiger charge is 2.25. The summed E-state index contributed by atoms with van der Waals surface area (Å²) in [5.41, 5.74) is 17.4. The molecule has 0 aliphatic carbocycles. The summed E-state index contributed by atoms with van der Waals surface area (Å²) in [7, 11) is 0. The molecule has 0 heterocycles. The van der Waals surface area contributed by atoms with Crippen LogP contribution >= 0.6 is 0 Å². The van der Waals surface area contributed by atoms with Gasteiger partial charge in [0.05, 0.1) is 23.0 Å². The first-order valence-electron chi connectivity index (χ1n) is 17.4. The second-order valence-electron chi connectivity index (χ2n) is 13.5. The fraction of sp³-hybridized carbons (Fsp3) is 0.104. The lowest BCUT2D eigenvalue weighted by Crippen LogP contribution is -2.15. The highest BCUT2D eigenvalue weighted by atomic mass is 15.2. The maximum atomic E-state index is 9.71. The molecule has 0 spiro atoms. The van der Waals surface area contributed by atoms with Crippen molar-refractivity contribution in [3.05, 3.63) is 191 Å². The van der Waals surface area contributed by atoms with Crippen molar-refractivity contribution in [2.75, 3.05) is 9.80 Å². The van der Waals surface area contributed by atoms with Gasteiger partial charge >= 0.3 is 0 Å². The molecule has 0 aromatic heterocycles. The van der Waals surface area contributed by atoms with E-state index in [1.807, 2.05) is 12.1 Å². The van der Waals surface area contributed by atoms with Gasteiger partial charge in [0.2, 0.25) is 0 Å². The van der Waals surface area contributed by atoms with Crippen LogP contribution in [0, 0.1) is 45.9 Å². The molecule has 0 bridgehead atoms. The molecule has 248 valence electrons. The highest BCUT2D eigenvalue weighted by Crippen LogP contribution is 2.49. The minimum Gasteiger partial charge on any atom is -0.310 e. The third-order valence-electron chi connectivity index (χ3n) is 9.45. The lowest BCUT2D eigenvalue weighted by atomic mass is 9.93. The van der Waals surface area contributed by atoms with Gasteiger partial charge in [-0.15, -0.1) is 0 Å². The molecular weight excluding hydrogens is 619 g/mol. The zero-order chi connectivity index (χ0) is 35.5. The van der Waals surface area contributed by atoms with Crippen LogP contribution in [0.25, 0.3) is 22.3 Å². The molecule has 3 nitrogen and oxygen atoms in total. The summed E-state index contributed by atoms with van der Waals surface area (Å²) in [6.07, 6.45) is 0. The van der Waals surface area contributed by atoms with Crippen molar-refractivity contribution in [3.8, 4) is 28.3 Å². The normalized spacial score (nSPS) is 10.8. The van der Waals surface area contributed by atoms with Gasteiger partial charge in [0, 0.05) is 33.9 Å². The molecule has 7 aromatic carbocycles. The van der Waals surface area contributed by atoms with Crippen LogP contribution in [0.1, 0.15) is 33.4 Å². The first-order valence-corrected chi connectivity index (χ1v) is 17.4. The van der Waals surface area contributed by atoms with E-state index < -0.39 is 0 Å². The Morgan fingerprint density at radius 1 is 0.353 bits per heavy atom. The van der Waals surface area contributed by atoms with Gasteiger partial charge in [-0.05, 0) is 119 Å². The van der Waals surface area contributed by atoms with E-state index in [0.29, 0.717) is 5.56 Å². The minimum atomic E-state index is 0.631. The molecule has 0 amide bonds. The van der Waals surface area contributed by atoms with E-state index in [-0.39, 0.29) is 0 Å². The van der Waals surface area contributed by atoms with E-state index in [1.165, 1.54) is 27.8 Å². The average molecular weight is 660 g/mol. The van der Waals surface area contributed by atoms with E-state index in [4.69, 9.17) is 0 Å². The number of nitriles is 1. The molecule has 0 N–H and O–H groups in total. The van der Waals surface area contributed by atoms with Gasteiger partial charge in [-0.1, -0.05) is 113 Å². The van der Waals surface area contributed by atoms with E-state index in [2.05, 4.69) is 196 Å². The summed E-state index contributed by atoms with van der Waals surface area (Å²) in [5.74, 6) is 0. The summed E-state index contributed by atoms with van der Waals surface area (Å²) < 4.78 is 0. The number of hydrogen-bond acceptors (Lipinski definition) is 3. The average Bonchev–Trinajstić information content (AvgIpc) is 3.15. The molecule has 7 aromatic rings. The van der Waals surface area contributed by atoms with Crippen molar-refractivity contribution in [3.63, 3.8) is 0 Å². The molecule has 7 rings (SSSR count). The fourth-order valence-corrected chi connectivity index (χ4v) is 6.50. The first kappa shape index (κ1) is 33.1. The number of rotatable bonds is 8. The largest absolute Gasteiger partial charge is 0.310 e. The second-order valence-corrected chi connectivity index (χ2v) is 13.5. The van der Waals surface area contributed by atoms with E-state index in [0.717, 1.165) is 56.4 Å². The molecule has 0 aliphatic rings. The number of aryl methyl sites for hydroxylation is 5. The molecule has 0 unspecified atom stereocenters. The predicted molar refractivity (Wildman–Crippen MR) is 215 cm³/mol. The monoisotopic (exact) mass is 659 g/mol. The molecule has 0 radical (unpaired) electrons. The van der Waals surface area contributed by atoms with E-state index >= 15 is 0 Å². The van der Waals surface area contributed by atoms with E-state index in [9.17, 15) is 5.26 Å². The van der Waals surface area contributed by atoms with Crippen molar-refractivity contribution in [1.82, 2.24) is 0 Å². The van der Waals surface area contributed by atoms with Crippen LogP contribution in [0.5, 0.6) is 0 Å². The molecular formula is C48H41N3. The van der Waals surface area contributed by atoms with Gasteiger partial charge in [0.15, 0.2) is 0 Å². The molecule has 0 saturated carbocycles. The third-order valence-corrected chi connectivity index (χ3v) is 9.45. The van der Waals surface area contributed by atoms with Gasteiger partial charge < -0.3 is 9.80 Å². The number of benzene rings is 7. The quantitative estimate of drug-likeness (QED) is 0.163. The summed E-state index contributed by atoms with van der Waals surface area (Å²) in [5, 5.41) is 9.71. The molecule has 51 heavy (non-hydrogen) atoms. The SMILES string of the molecule is Cc1ccc(-c2cc(N(c3ccc(C)cc3)c3ccc(C)cc3)c(-c3ccc(C#N)cc3)cc2N(c2ccc(C)cc2)c2ccc(C)cc2)cc1. The molecule has 0 aliphatic heterocycles. The topological polar surface area (TPSA) is 30.3 Å². The van der Waals surface area contributed by atoms with Crippen molar-refractivity contribution in [2.24, 2.45) is 0 Å². The van der Waals surface area contributed by atoms with Crippen LogP contribution < -0.4 is 9.80 Å². The Morgan fingerprint density at radius 2 is 0.608 bits per heavy atom. The summed E-state index contributed by atoms with van der Waals surface area (Å²) in [6, 6.07) is 58.7. The summed E-state index contributed by atoms with van der Waals surface area (Å²) >= 11 is 0. The lowest BCUT2D eigenvalue weighted by Gasteiger charge is -2.33. The van der Waals surface area contributed by atoms with Gasteiger partial charge in [-0.25, -0.2) is 0 Å². The zero-order valence-electron chi connectivity index (χ0n) is 29.9. The zero-order valence-corrected chi connectivity index (χ0v) is 29.9. The maximum Gasteiger partial charge on any atom is 0.0991 e.